The number of halogens is 2. The standard InChI is InChI=1S/C27H27Cl2N3O3/c1-4-17-11-18(13-19(28)12-17)26(34)31-22-7-5-6-21(25(22)29)27(3)14-23(30)32(24(33)15-27)20-8-9-35-16(2)10-20/h1,5-7,11-13,16,20,30H,8-10,14-15H2,2-3H3,(H,31,34)/t16?,20?,27-/m0/s1. The zero-order valence-electron chi connectivity index (χ0n) is 19.7. The number of likely N-dealkylation sites (tertiary alicyclic amines) is 1. The summed E-state index contributed by atoms with van der Waals surface area (Å²) < 4.78 is 5.61. The summed E-state index contributed by atoms with van der Waals surface area (Å²) in [6.45, 7) is 4.51. The van der Waals surface area contributed by atoms with Crippen LogP contribution in [0.2, 0.25) is 10.0 Å². The second-order valence-electron chi connectivity index (χ2n) is 9.48. The summed E-state index contributed by atoms with van der Waals surface area (Å²) >= 11 is 12.9. The van der Waals surface area contributed by atoms with Gasteiger partial charge in [0.15, 0.2) is 0 Å². The van der Waals surface area contributed by atoms with E-state index in [0.29, 0.717) is 45.5 Å². The Morgan fingerprint density at radius 1 is 1.29 bits per heavy atom. The van der Waals surface area contributed by atoms with Crippen molar-refractivity contribution in [3.8, 4) is 12.3 Å². The van der Waals surface area contributed by atoms with Crippen LogP contribution in [-0.2, 0) is 14.9 Å². The number of rotatable bonds is 4. The van der Waals surface area contributed by atoms with E-state index in [0.717, 1.165) is 12.8 Å². The summed E-state index contributed by atoms with van der Waals surface area (Å²) in [5.41, 5.74) is 1.26. The molecular weight excluding hydrogens is 485 g/mol. The van der Waals surface area contributed by atoms with Crippen molar-refractivity contribution in [2.45, 2.75) is 57.1 Å². The molecule has 3 atom stereocenters. The zero-order chi connectivity index (χ0) is 25.3. The normalized spacial score (nSPS) is 24.7. The Morgan fingerprint density at radius 2 is 2.06 bits per heavy atom. The van der Waals surface area contributed by atoms with Crippen LogP contribution in [0.5, 0.6) is 0 Å². The van der Waals surface area contributed by atoms with Gasteiger partial charge in [0.05, 0.1) is 16.8 Å². The predicted molar refractivity (Wildman–Crippen MR) is 138 cm³/mol. The Kier molecular flexibility index (Phi) is 7.23. The van der Waals surface area contributed by atoms with Gasteiger partial charge in [-0.1, -0.05) is 48.2 Å². The number of ether oxygens (including phenoxy) is 1. The van der Waals surface area contributed by atoms with Gasteiger partial charge in [-0.05, 0) is 49.6 Å². The summed E-state index contributed by atoms with van der Waals surface area (Å²) in [6, 6.07) is 10.0. The van der Waals surface area contributed by atoms with Crippen LogP contribution in [0.25, 0.3) is 0 Å². The van der Waals surface area contributed by atoms with Crippen LogP contribution in [-0.4, -0.2) is 41.3 Å². The molecule has 4 rings (SSSR count). The lowest BCUT2D eigenvalue weighted by molar-refractivity contribution is -0.134. The summed E-state index contributed by atoms with van der Waals surface area (Å²) in [7, 11) is 0. The van der Waals surface area contributed by atoms with Crippen molar-refractivity contribution >= 4 is 46.5 Å². The van der Waals surface area contributed by atoms with Crippen LogP contribution >= 0.6 is 23.2 Å². The van der Waals surface area contributed by atoms with Crippen molar-refractivity contribution in [2.75, 3.05) is 11.9 Å². The van der Waals surface area contributed by atoms with Crippen LogP contribution in [0.15, 0.2) is 36.4 Å². The average molecular weight is 512 g/mol. The molecule has 35 heavy (non-hydrogen) atoms. The number of nitrogens with one attached hydrogen (secondary N) is 2. The third-order valence-corrected chi connectivity index (χ3v) is 7.33. The van der Waals surface area contributed by atoms with E-state index in [4.69, 9.17) is 39.8 Å². The van der Waals surface area contributed by atoms with Gasteiger partial charge in [-0.3, -0.25) is 19.9 Å². The number of amides is 2. The van der Waals surface area contributed by atoms with E-state index in [2.05, 4.69) is 11.2 Å². The van der Waals surface area contributed by atoms with Crippen LogP contribution in [0, 0.1) is 17.8 Å². The second kappa shape index (κ2) is 10.0. The smallest absolute Gasteiger partial charge is 0.255 e. The molecule has 2 aromatic carbocycles. The molecule has 0 saturated carbocycles. The number of anilines is 1. The second-order valence-corrected chi connectivity index (χ2v) is 10.3. The number of benzene rings is 2. The van der Waals surface area contributed by atoms with Gasteiger partial charge < -0.3 is 10.1 Å². The molecule has 2 aliphatic rings. The lowest BCUT2D eigenvalue weighted by Crippen LogP contribution is -2.54. The minimum Gasteiger partial charge on any atom is -0.378 e. The van der Waals surface area contributed by atoms with Crippen molar-refractivity contribution in [1.82, 2.24) is 4.90 Å². The molecular formula is C27H27Cl2N3O3. The molecule has 2 aromatic rings. The molecule has 2 amide bonds. The number of terminal acetylenes is 1. The van der Waals surface area contributed by atoms with Gasteiger partial charge >= 0.3 is 0 Å². The quantitative estimate of drug-likeness (QED) is 0.520. The van der Waals surface area contributed by atoms with Crippen molar-refractivity contribution in [3.63, 3.8) is 0 Å². The first kappa shape index (κ1) is 25.2. The van der Waals surface area contributed by atoms with E-state index < -0.39 is 11.3 Å². The monoisotopic (exact) mass is 511 g/mol. The van der Waals surface area contributed by atoms with Gasteiger partial charge in [0.2, 0.25) is 5.91 Å². The third-order valence-electron chi connectivity index (χ3n) is 6.70. The molecule has 2 unspecified atom stereocenters. The summed E-state index contributed by atoms with van der Waals surface area (Å²) in [5, 5.41) is 12.2. The molecule has 2 heterocycles. The van der Waals surface area contributed by atoms with Gasteiger partial charge in [0.25, 0.3) is 5.91 Å². The van der Waals surface area contributed by atoms with Gasteiger partial charge in [-0.2, -0.15) is 0 Å². The van der Waals surface area contributed by atoms with Crippen molar-refractivity contribution < 1.29 is 14.3 Å². The van der Waals surface area contributed by atoms with Crippen molar-refractivity contribution in [3.05, 3.63) is 63.1 Å². The Hall–Kier alpha value is -2.85. The fraction of sp³-hybridized carbons (Fsp3) is 0.370. The number of nitrogens with zero attached hydrogens (tertiary/aromatic N) is 1. The van der Waals surface area contributed by atoms with Gasteiger partial charge in [-0.15, -0.1) is 6.42 Å². The SMILES string of the molecule is C#Cc1cc(Cl)cc(C(=O)Nc2cccc([C@@]3(C)CC(=N)N(C4CCOC(C)C4)C(=O)C3)c2Cl)c1. The number of carbonyl (C=O) groups excluding carboxylic acids is 2. The summed E-state index contributed by atoms with van der Waals surface area (Å²) in [4.78, 5) is 27.8. The Bertz CT molecular complexity index is 1220. The highest BCUT2D eigenvalue weighted by atomic mass is 35.5. The molecule has 6 nitrogen and oxygen atoms in total. The zero-order valence-corrected chi connectivity index (χ0v) is 21.2. The van der Waals surface area contributed by atoms with E-state index in [9.17, 15) is 9.59 Å². The van der Waals surface area contributed by atoms with Gasteiger partial charge in [-0.25, -0.2) is 0 Å². The van der Waals surface area contributed by atoms with Gasteiger partial charge in [0, 0.05) is 47.1 Å². The molecule has 182 valence electrons. The Balaban J connectivity index is 1.57. The van der Waals surface area contributed by atoms with E-state index in [-0.39, 0.29) is 30.3 Å². The summed E-state index contributed by atoms with van der Waals surface area (Å²) in [5.74, 6) is 2.27. The molecule has 0 bridgehead atoms. The van der Waals surface area contributed by atoms with E-state index >= 15 is 0 Å². The fourth-order valence-corrected chi connectivity index (χ4v) is 5.64. The van der Waals surface area contributed by atoms with E-state index in [1.54, 1.807) is 29.2 Å². The Morgan fingerprint density at radius 3 is 2.74 bits per heavy atom. The highest BCUT2D eigenvalue weighted by Crippen LogP contribution is 2.43. The third kappa shape index (κ3) is 5.23. The number of amidine groups is 1. The Labute approximate surface area is 215 Å². The van der Waals surface area contributed by atoms with E-state index in [1.165, 1.54) is 6.07 Å². The average Bonchev–Trinajstić information content (AvgIpc) is 2.79. The lowest BCUT2D eigenvalue weighted by atomic mass is 9.73. The van der Waals surface area contributed by atoms with Crippen LogP contribution < -0.4 is 5.32 Å². The number of hydrogen-bond donors (Lipinski definition) is 2. The highest BCUT2D eigenvalue weighted by Gasteiger charge is 2.44. The van der Waals surface area contributed by atoms with Crippen molar-refractivity contribution in [2.24, 2.45) is 0 Å². The van der Waals surface area contributed by atoms with Crippen LogP contribution in [0.3, 0.4) is 0 Å². The lowest BCUT2D eigenvalue weighted by Gasteiger charge is -2.44. The van der Waals surface area contributed by atoms with E-state index in [1.807, 2.05) is 19.9 Å². The van der Waals surface area contributed by atoms with Crippen molar-refractivity contribution in [1.29, 1.82) is 5.41 Å². The first-order valence-electron chi connectivity index (χ1n) is 11.5. The maximum Gasteiger partial charge on any atom is 0.255 e. The van der Waals surface area contributed by atoms with Crippen LogP contribution in [0.1, 0.15) is 61.0 Å². The summed E-state index contributed by atoms with van der Waals surface area (Å²) in [6.07, 6.45) is 7.54. The molecule has 0 spiro atoms. The predicted octanol–water partition coefficient (Wildman–Crippen LogP) is 5.65. The molecule has 0 aliphatic carbocycles. The molecule has 2 aliphatic heterocycles. The first-order valence-corrected chi connectivity index (χ1v) is 12.3. The topological polar surface area (TPSA) is 82.5 Å². The molecule has 2 N–H and O–H groups in total. The maximum absolute atomic E-state index is 13.3. The van der Waals surface area contributed by atoms with Crippen LogP contribution in [0.4, 0.5) is 5.69 Å². The van der Waals surface area contributed by atoms with Gasteiger partial charge in [0.1, 0.15) is 5.84 Å². The molecule has 0 aromatic heterocycles. The molecule has 2 fully saturated rings. The minimum absolute atomic E-state index is 0.0185. The maximum atomic E-state index is 13.3. The number of hydrogen-bond acceptors (Lipinski definition) is 4. The highest BCUT2D eigenvalue weighted by molar-refractivity contribution is 6.35. The molecule has 8 heteroatoms. The fourth-order valence-electron chi connectivity index (χ4n) is 5.00. The largest absolute Gasteiger partial charge is 0.378 e. The minimum atomic E-state index is -0.675. The first-order chi connectivity index (χ1) is 16.6. The molecule has 0 radical (unpaired) electrons. The number of piperidine rings is 1. The number of carbonyl (C=O) groups is 2. The molecule has 2 saturated heterocycles.